The summed E-state index contributed by atoms with van der Waals surface area (Å²) in [5, 5.41) is 2.59. The van der Waals surface area contributed by atoms with E-state index in [0.717, 1.165) is 25.7 Å². The third-order valence-corrected chi connectivity index (χ3v) is 3.06. The van der Waals surface area contributed by atoms with Crippen LogP contribution in [-0.4, -0.2) is 24.3 Å². The van der Waals surface area contributed by atoms with Crippen LogP contribution < -0.4 is 16.2 Å². The molecule has 3 N–H and O–H groups in total. The number of amides is 3. The highest BCUT2D eigenvalue weighted by Gasteiger charge is 2.21. The van der Waals surface area contributed by atoms with E-state index < -0.39 is 5.91 Å². The zero-order valence-electron chi connectivity index (χ0n) is 10.8. The fourth-order valence-electron chi connectivity index (χ4n) is 1.95. The van der Waals surface area contributed by atoms with Crippen LogP contribution in [0.4, 0.5) is 0 Å². The number of hydrogen-bond acceptors (Lipinski definition) is 3. The van der Waals surface area contributed by atoms with Gasteiger partial charge in [-0.15, -0.1) is 0 Å². The van der Waals surface area contributed by atoms with Crippen molar-refractivity contribution in [3.8, 4) is 0 Å². The van der Waals surface area contributed by atoms with Gasteiger partial charge >= 0.3 is 0 Å². The Balaban J connectivity index is 2.17. The molecule has 1 aliphatic rings. The molecule has 1 saturated carbocycles. The number of hydrazine groups is 1. The summed E-state index contributed by atoms with van der Waals surface area (Å²) in [6.45, 7) is 1.59. The average Bonchev–Trinajstić information content (AvgIpc) is 2.42. The molecule has 1 fully saturated rings. The standard InChI is InChI=1S/C12H21N3O3/c1-2-10(16)14-15-11(17)8-13-12(18)9-6-4-3-5-7-9/h9H,2-8H2,1H3,(H,13,18)(H,14,16)(H,15,17). The molecule has 0 spiro atoms. The van der Waals surface area contributed by atoms with Crippen molar-refractivity contribution in [3.05, 3.63) is 0 Å². The van der Waals surface area contributed by atoms with Gasteiger partial charge in [0, 0.05) is 12.3 Å². The predicted molar refractivity (Wildman–Crippen MR) is 66.2 cm³/mol. The number of carbonyl (C=O) groups excluding carboxylic acids is 3. The summed E-state index contributed by atoms with van der Waals surface area (Å²) in [5.41, 5.74) is 4.48. The zero-order chi connectivity index (χ0) is 13.4. The van der Waals surface area contributed by atoms with Gasteiger partial charge in [-0.05, 0) is 12.8 Å². The summed E-state index contributed by atoms with van der Waals surface area (Å²) in [4.78, 5) is 33.9. The molecule has 0 aromatic carbocycles. The van der Waals surface area contributed by atoms with Crippen LogP contribution in [0.2, 0.25) is 0 Å². The Kier molecular flexibility index (Phi) is 6.18. The van der Waals surface area contributed by atoms with Crippen molar-refractivity contribution in [2.24, 2.45) is 5.92 Å². The first kappa shape index (κ1) is 14.5. The Morgan fingerprint density at radius 1 is 1.00 bits per heavy atom. The average molecular weight is 255 g/mol. The predicted octanol–water partition coefficient (Wildman–Crippen LogP) is 0.240. The van der Waals surface area contributed by atoms with E-state index in [1.54, 1.807) is 6.92 Å². The van der Waals surface area contributed by atoms with Gasteiger partial charge in [0.05, 0.1) is 6.54 Å². The minimum absolute atomic E-state index is 0.0387. The summed E-state index contributed by atoms with van der Waals surface area (Å²) in [6, 6.07) is 0. The fraction of sp³-hybridized carbons (Fsp3) is 0.750. The lowest BCUT2D eigenvalue weighted by Gasteiger charge is -2.20. The van der Waals surface area contributed by atoms with Crippen LogP contribution in [0, 0.1) is 5.92 Å². The van der Waals surface area contributed by atoms with Gasteiger partial charge in [0.15, 0.2) is 0 Å². The highest BCUT2D eigenvalue weighted by molar-refractivity contribution is 5.87. The molecule has 0 aromatic rings. The molecule has 0 bridgehead atoms. The Morgan fingerprint density at radius 2 is 1.61 bits per heavy atom. The van der Waals surface area contributed by atoms with Crippen LogP contribution in [-0.2, 0) is 14.4 Å². The molecule has 6 nitrogen and oxygen atoms in total. The van der Waals surface area contributed by atoms with Crippen molar-refractivity contribution < 1.29 is 14.4 Å². The maximum absolute atomic E-state index is 11.7. The molecule has 0 aliphatic heterocycles. The first-order valence-corrected chi connectivity index (χ1v) is 6.49. The first-order valence-electron chi connectivity index (χ1n) is 6.49. The summed E-state index contributed by atoms with van der Waals surface area (Å²) in [5.74, 6) is -0.702. The highest BCUT2D eigenvalue weighted by atomic mass is 16.2. The Morgan fingerprint density at radius 3 is 2.22 bits per heavy atom. The van der Waals surface area contributed by atoms with Crippen LogP contribution in [0.5, 0.6) is 0 Å². The van der Waals surface area contributed by atoms with Crippen molar-refractivity contribution in [2.45, 2.75) is 45.4 Å². The van der Waals surface area contributed by atoms with Gasteiger partial charge in [0.1, 0.15) is 0 Å². The van der Waals surface area contributed by atoms with Crippen LogP contribution in [0.15, 0.2) is 0 Å². The van der Waals surface area contributed by atoms with Crippen molar-refractivity contribution in [1.29, 1.82) is 0 Å². The summed E-state index contributed by atoms with van der Waals surface area (Å²) < 4.78 is 0. The SMILES string of the molecule is CCC(=O)NNC(=O)CNC(=O)C1CCCCC1. The quantitative estimate of drug-likeness (QED) is 0.629. The van der Waals surface area contributed by atoms with Crippen molar-refractivity contribution in [3.63, 3.8) is 0 Å². The Bertz CT molecular complexity index is 312. The largest absolute Gasteiger partial charge is 0.347 e. The molecule has 1 rings (SSSR count). The molecule has 3 amide bonds. The van der Waals surface area contributed by atoms with Crippen LogP contribution >= 0.6 is 0 Å². The van der Waals surface area contributed by atoms with E-state index >= 15 is 0 Å². The second kappa shape index (κ2) is 7.68. The Hall–Kier alpha value is -1.59. The summed E-state index contributed by atoms with van der Waals surface area (Å²) in [7, 11) is 0. The lowest BCUT2D eigenvalue weighted by atomic mass is 9.89. The van der Waals surface area contributed by atoms with Gasteiger partial charge in [-0.2, -0.15) is 0 Å². The van der Waals surface area contributed by atoms with Gasteiger partial charge in [-0.25, -0.2) is 0 Å². The molecular formula is C12H21N3O3. The van der Waals surface area contributed by atoms with E-state index in [2.05, 4.69) is 16.2 Å². The van der Waals surface area contributed by atoms with Gasteiger partial charge in [-0.1, -0.05) is 26.2 Å². The number of hydrogen-bond donors (Lipinski definition) is 3. The van der Waals surface area contributed by atoms with E-state index in [0.29, 0.717) is 6.42 Å². The number of carbonyl (C=O) groups is 3. The topological polar surface area (TPSA) is 87.3 Å². The molecule has 0 radical (unpaired) electrons. The number of rotatable bonds is 4. The van der Waals surface area contributed by atoms with Crippen molar-refractivity contribution in [1.82, 2.24) is 16.2 Å². The minimum atomic E-state index is -0.416. The second-order valence-electron chi connectivity index (χ2n) is 4.50. The molecule has 0 heterocycles. The lowest BCUT2D eigenvalue weighted by Crippen LogP contribution is -2.47. The normalized spacial score (nSPS) is 15.8. The lowest BCUT2D eigenvalue weighted by molar-refractivity contribution is -0.131. The monoisotopic (exact) mass is 255 g/mol. The minimum Gasteiger partial charge on any atom is -0.347 e. The second-order valence-corrected chi connectivity index (χ2v) is 4.50. The highest BCUT2D eigenvalue weighted by Crippen LogP contribution is 2.23. The van der Waals surface area contributed by atoms with Gasteiger partial charge in [-0.3, -0.25) is 25.2 Å². The fourth-order valence-corrected chi connectivity index (χ4v) is 1.95. The maximum Gasteiger partial charge on any atom is 0.257 e. The van der Waals surface area contributed by atoms with Gasteiger partial charge in [0.2, 0.25) is 11.8 Å². The first-order chi connectivity index (χ1) is 8.63. The van der Waals surface area contributed by atoms with E-state index in [4.69, 9.17) is 0 Å². The molecule has 0 aromatic heterocycles. The van der Waals surface area contributed by atoms with Crippen LogP contribution in [0.25, 0.3) is 0 Å². The molecule has 0 unspecified atom stereocenters. The van der Waals surface area contributed by atoms with E-state index in [1.807, 2.05) is 0 Å². The van der Waals surface area contributed by atoms with Crippen LogP contribution in [0.1, 0.15) is 45.4 Å². The Labute approximate surface area is 107 Å². The van der Waals surface area contributed by atoms with E-state index in [1.165, 1.54) is 6.42 Å². The third-order valence-electron chi connectivity index (χ3n) is 3.06. The molecular weight excluding hydrogens is 234 g/mol. The van der Waals surface area contributed by atoms with Gasteiger partial charge < -0.3 is 5.32 Å². The van der Waals surface area contributed by atoms with E-state index in [9.17, 15) is 14.4 Å². The number of nitrogens with one attached hydrogen (secondary N) is 3. The van der Waals surface area contributed by atoms with Crippen molar-refractivity contribution in [2.75, 3.05) is 6.54 Å². The molecule has 102 valence electrons. The van der Waals surface area contributed by atoms with Gasteiger partial charge in [0.25, 0.3) is 5.91 Å². The molecule has 6 heteroatoms. The smallest absolute Gasteiger partial charge is 0.257 e. The molecule has 18 heavy (non-hydrogen) atoms. The summed E-state index contributed by atoms with van der Waals surface area (Å²) >= 11 is 0. The van der Waals surface area contributed by atoms with E-state index in [-0.39, 0.29) is 24.3 Å². The summed E-state index contributed by atoms with van der Waals surface area (Å²) in [6.07, 6.45) is 5.45. The van der Waals surface area contributed by atoms with Crippen molar-refractivity contribution >= 4 is 17.7 Å². The van der Waals surface area contributed by atoms with Crippen LogP contribution in [0.3, 0.4) is 0 Å². The zero-order valence-corrected chi connectivity index (χ0v) is 10.8. The maximum atomic E-state index is 11.7. The molecule has 1 aliphatic carbocycles. The molecule has 0 atom stereocenters. The third kappa shape index (κ3) is 5.16. The molecule has 0 saturated heterocycles.